The Labute approximate surface area is 208 Å². The summed E-state index contributed by atoms with van der Waals surface area (Å²) in [6.45, 7) is 12.8. The summed E-state index contributed by atoms with van der Waals surface area (Å²) in [5.74, 6) is -0.107. The zero-order valence-electron chi connectivity index (χ0n) is 22.0. The quantitative estimate of drug-likeness (QED) is 0.641. The standard InChI is InChI=1S/C27H38N4O4/c1-26(2,3)19(24(33)28-7)17-21(32)22-20-13-14-30(25(34)35-27(4,5)6)15-16-31(20)23(29-22)18-11-9-8-10-12-18/h8-12,19H,13-17H2,1-7H3,(H,28,33)/t19-/m1/s1. The van der Waals surface area contributed by atoms with Gasteiger partial charge in [-0.3, -0.25) is 9.59 Å². The summed E-state index contributed by atoms with van der Waals surface area (Å²) in [6, 6.07) is 9.72. The van der Waals surface area contributed by atoms with Crippen LogP contribution in [0.15, 0.2) is 30.3 Å². The monoisotopic (exact) mass is 482 g/mol. The van der Waals surface area contributed by atoms with E-state index in [2.05, 4.69) is 5.32 Å². The van der Waals surface area contributed by atoms with Crippen LogP contribution in [0, 0.1) is 11.3 Å². The normalized spacial score (nSPS) is 15.1. The van der Waals surface area contributed by atoms with Crippen LogP contribution in [-0.4, -0.2) is 58.0 Å². The van der Waals surface area contributed by atoms with Crippen LogP contribution in [0.3, 0.4) is 0 Å². The number of nitrogens with zero attached hydrogens (tertiary/aromatic N) is 3. The van der Waals surface area contributed by atoms with E-state index in [1.54, 1.807) is 11.9 Å². The van der Waals surface area contributed by atoms with Crippen LogP contribution in [0.25, 0.3) is 11.4 Å². The minimum Gasteiger partial charge on any atom is -0.444 e. The Balaban J connectivity index is 1.98. The number of imidazole rings is 1. The summed E-state index contributed by atoms with van der Waals surface area (Å²) in [4.78, 5) is 45.4. The van der Waals surface area contributed by atoms with Crippen molar-refractivity contribution >= 4 is 17.8 Å². The van der Waals surface area contributed by atoms with E-state index in [0.717, 1.165) is 11.3 Å². The minimum absolute atomic E-state index is 0.0667. The van der Waals surface area contributed by atoms with Gasteiger partial charge in [0.1, 0.15) is 17.1 Å². The van der Waals surface area contributed by atoms with Gasteiger partial charge in [0.15, 0.2) is 5.78 Å². The van der Waals surface area contributed by atoms with Crippen LogP contribution >= 0.6 is 0 Å². The first kappa shape index (κ1) is 26.4. The molecule has 0 unspecified atom stereocenters. The maximum atomic E-state index is 13.6. The highest BCUT2D eigenvalue weighted by molar-refractivity contribution is 5.99. The molecule has 8 nitrogen and oxygen atoms in total. The van der Waals surface area contributed by atoms with E-state index in [4.69, 9.17) is 9.72 Å². The average molecular weight is 483 g/mol. The Hall–Kier alpha value is -3.16. The number of ether oxygens (including phenoxy) is 1. The minimum atomic E-state index is -0.585. The van der Waals surface area contributed by atoms with Crippen LogP contribution in [-0.2, 0) is 22.5 Å². The molecule has 3 rings (SSSR count). The SMILES string of the molecule is CNC(=O)[C@@H](CC(=O)c1nc(-c2ccccc2)n2c1CCN(C(=O)OC(C)(C)C)CC2)C(C)(C)C. The van der Waals surface area contributed by atoms with Crippen molar-refractivity contribution in [2.45, 2.75) is 66.5 Å². The highest BCUT2D eigenvalue weighted by atomic mass is 16.6. The van der Waals surface area contributed by atoms with Gasteiger partial charge in [-0.05, 0) is 26.2 Å². The highest BCUT2D eigenvalue weighted by Crippen LogP contribution is 2.32. The number of amides is 2. The van der Waals surface area contributed by atoms with E-state index >= 15 is 0 Å². The number of fused-ring (bicyclic) bond motifs is 1. The van der Waals surface area contributed by atoms with Crippen molar-refractivity contribution in [1.29, 1.82) is 0 Å². The van der Waals surface area contributed by atoms with Gasteiger partial charge in [-0.25, -0.2) is 9.78 Å². The topological polar surface area (TPSA) is 93.5 Å². The highest BCUT2D eigenvalue weighted by Gasteiger charge is 2.35. The zero-order valence-corrected chi connectivity index (χ0v) is 22.0. The Morgan fingerprint density at radius 2 is 1.69 bits per heavy atom. The fraction of sp³-hybridized carbons (Fsp3) is 0.556. The van der Waals surface area contributed by atoms with Gasteiger partial charge in [0.2, 0.25) is 5.91 Å². The van der Waals surface area contributed by atoms with Gasteiger partial charge < -0.3 is 19.5 Å². The molecule has 0 fully saturated rings. The summed E-state index contributed by atoms with van der Waals surface area (Å²) in [5.41, 5.74) is 1.11. The third kappa shape index (κ3) is 6.29. The fourth-order valence-electron chi connectivity index (χ4n) is 4.34. The lowest BCUT2D eigenvalue weighted by atomic mass is 9.77. The summed E-state index contributed by atoms with van der Waals surface area (Å²) < 4.78 is 7.62. The molecule has 35 heavy (non-hydrogen) atoms. The second kappa shape index (κ2) is 10.2. The van der Waals surface area contributed by atoms with Crippen molar-refractivity contribution in [1.82, 2.24) is 19.8 Å². The molecule has 0 bridgehead atoms. The molecular formula is C27H38N4O4. The first-order valence-electron chi connectivity index (χ1n) is 12.2. The number of benzene rings is 1. The number of Topliss-reactive ketones (excluding diaryl/α,β-unsaturated/α-hetero) is 1. The Bertz CT molecular complexity index is 1080. The van der Waals surface area contributed by atoms with Gasteiger partial charge >= 0.3 is 6.09 Å². The van der Waals surface area contributed by atoms with Crippen molar-refractivity contribution in [2.24, 2.45) is 11.3 Å². The summed E-state index contributed by atoms with van der Waals surface area (Å²) >= 11 is 0. The van der Waals surface area contributed by atoms with Crippen molar-refractivity contribution in [3.05, 3.63) is 41.7 Å². The van der Waals surface area contributed by atoms with Gasteiger partial charge in [0.25, 0.3) is 0 Å². The first-order valence-corrected chi connectivity index (χ1v) is 12.2. The molecule has 0 saturated carbocycles. The molecule has 2 heterocycles. The van der Waals surface area contributed by atoms with Crippen LogP contribution in [0.2, 0.25) is 0 Å². The molecule has 190 valence electrons. The number of aromatic nitrogens is 2. The van der Waals surface area contributed by atoms with Crippen molar-refractivity contribution < 1.29 is 19.1 Å². The van der Waals surface area contributed by atoms with Gasteiger partial charge in [-0.1, -0.05) is 51.1 Å². The number of carbonyl (C=O) groups excluding carboxylic acids is 3. The predicted molar refractivity (Wildman–Crippen MR) is 135 cm³/mol. The molecule has 0 aliphatic carbocycles. The molecule has 1 aromatic heterocycles. The molecule has 2 aromatic rings. The molecule has 1 atom stereocenters. The molecule has 1 aromatic carbocycles. The van der Waals surface area contributed by atoms with Crippen LogP contribution < -0.4 is 5.32 Å². The molecule has 0 spiro atoms. The number of rotatable bonds is 5. The molecule has 2 amide bonds. The summed E-state index contributed by atoms with van der Waals surface area (Å²) in [7, 11) is 1.59. The molecule has 8 heteroatoms. The third-order valence-corrected chi connectivity index (χ3v) is 6.23. The van der Waals surface area contributed by atoms with Gasteiger partial charge in [-0.2, -0.15) is 0 Å². The smallest absolute Gasteiger partial charge is 0.410 e. The fourth-order valence-corrected chi connectivity index (χ4v) is 4.34. The van der Waals surface area contributed by atoms with Crippen LogP contribution in [0.1, 0.15) is 64.1 Å². The maximum Gasteiger partial charge on any atom is 0.410 e. The molecule has 1 aliphatic heterocycles. The first-order chi connectivity index (χ1) is 16.3. The lowest BCUT2D eigenvalue weighted by molar-refractivity contribution is -0.127. The van der Waals surface area contributed by atoms with Gasteiger partial charge in [0, 0.05) is 45.1 Å². The Morgan fingerprint density at radius 1 is 1.03 bits per heavy atom. The van der Waals surface area contributed by atoms with E-state index in [-0.39, 0.29) is 29.6 Å². The number of ketones is 1. The number of carbonyl (C=O) groups is 3. The largest absolute Gasteiger partial charge is 0.444 e. The van der Waals surface area contributed by atoms with Crippen molar-refractivity contribution in [2.75, 3.05) is 20.1 Å². The average Bonchev–Trinajstić information content (AvgIpc) is 2.99. The molecule has 0 radical (unpaired) electrons. The molecule has 0 saturated heterocycles. The lowest BCUT2D eigenvalue weighted by Gasteiger charge is -2.28. The number of hydrogen-bond donors (Lipinski definition) is 1. The number of hydrogen-bond acceptors (Lipinski definition) is 5. The maximum absolute atomic E-state index is 13.6. The van der Waals surface area contributed by atoms with E-state index in [1.807, 2.05) is 76.4 Å². The molecular weight excluding hydrogens is 444 g/mol. The number of nitrogens with one attached hydrogen (secondary N) is 1. The van der Waals surface area contributed by atoms with Crippen molar-refractivity contribution in [3.8, 4) is 11.4 Å². The zero-order chi connectivity index (χ0) is 26.0. The van der Waals surface area contributed by atoms with Crippen molar-refractivity contribution in [3.63, 3.8) is 0 Å². The Morgan fingerprint density at radius 3 is 2.26 bits per heavy atom. The second-order valence-electron chi connectivity index (χ2n) is 11.1. The lowest BCUT2D eigenvalue weighted by Crippen LogP contribution is -2.38. The molecule has 1 N–H and O–H groups in total. The van der Waals surface area contributed by atoms with E-state index in [0.29, 0.717) is 37.6 Å². The van der Waals surface area contributed by atoms with E-state index in [9.17, 15) is 14.4 Å². The predicted octanol–water partition coefficient (Wildman–Crippen LogP) is 4.32. The van der Waals surface area contributed by atoms with Crippen LogP contribution in [0.5, 0.6) is 0 Å². The summed E-state index contributed by atoms with van der Waals surface area (Å²) in [5, 5.41) is 2.69. The van der Waals surface area contributed by atoms with E-state index < -0.39 is 11.5 Å². The second-order valence-corrected chi connectivity index (χ2v) is 11.1. The van der Waals surface area contributed by atoms with Gasteiger partial charge in [-0.15, -0.1) is 0 Å². The van der Waals surface area contributed by atoms with E-state index in [1.165, 1.54) is 0 Å². The summed E-state index contributed by atoms with van der Waals surface area (Å²) in [6.07, 6.45) is 0.176. The molecule has 1 aliphatic rings. The van der Waals surface area contributed by atoms with Gasteiger partial charge in [0.05, 0.1) is 11.6 Å². The third-order valence-electron chi connectivity index (χ3n) is 6.23. The van der Waals surface area contributed by atoms with Crippen LogP contribution in [0.4, 0.5) is 4.79 Å². The Kier molecular flexibility index (Phi) is 7.72.